The van der Waals surface area contributed by atoms with Crippen LogP contribution in [0.4, 0.5) is 13.2 Å². The molecule has 0 bridgehead atoms. The molecule has 2 aromatic rings. The van der Waals surface area contributed by atoms with E-state index >= 15 is 0 Å². The van der Waals surface area contributed by atoms with Crippen molar-refractivity contribution in [2.24, 2.45) is 0 Å². The fourth-order valence-electron chi connectivity index (χ4n) is 2.86. The Kier molecular flexibility index (Phi) is 3.61. The highest BCUT2D eigenvalue weighted by Gasteiger charge is 2.31. The van der Waals surface area contributed by atoms with Crippen molar-refractivity contribution in [1.29, 1.82) is 0 Å². The first-order valence-corrected chi connectivity index (χ1v) is 6.95. The highest BCUT2D eigenvalue weighted by atomic mass is 19.4. The number of aldehydes is 1. The summed E-state index contributed by atoms with van der Waals surface area (Å²) in [6, 6.07) is 12.7. The quantitative estimate of drug-likeness (QED) is 0.738. The molecule has 0 saturated heterocycles. The van der Waals surface area contributed by atoms with Gasteiger partial charge < -0.3 is 0 Å². The normalized spacial score (nSPS) is 14.7. The molecule has 1 aliphatic rings. The van der Waals surface area contributed by atoms with Gasteiger partial charge in [-0.2, -0.15) is 13.2 Å². The highest BCUT2D eigenvalue weighted by Crippen LogP contribution is 2.37. The lowest BCUT2D eigenvalue weighted by Gasteiger charge is -2.22. The van der Waals surface area contributed by atoms with Gasteiger partial charge in [0.2, 0.25) is 0 Å². The maximum absolute atomic E-state index is 12.9. The van der Waals surface area contributed by atoms with Crippen LogP contribution in [-0.2, 0) is 17.4 Å². The Morgan fingerprint density at radius 2 is 1.73 bits per heavy atom. The summed E-state index contributed by atoms with van der Waals surface area (Å²) in [5.41, 5.74) is 2.80. The number of hydrogen-bond acceptors (Lipinski definition) is 1. The zero-order valence-electron chi connectivity index (χ0n) is 11.7. The standard InChI is InChI=1S/C18H13F3O/c19-18(20,21)15-6-3-5-13(10-15)17-14(11-22)9-8-12-4-1-2-7-16(12)17/h1-7,10-11H,8-9H2. The van der Waals surface area contributed by atoms with E-state index in [2.05, 4.69) is 0 Å². The molecule has 0 spiro atoms. The Bertz CT molecular complexity index is 757. The Morgan fingerprint density at radius 1 is 0.955 bits per heavy atom. The smallest absolute Gasteiger partial charge is 0.298 e. The number of hydrogen-bond donors (Lipinski definition) is 0. The Hall–Kier alpha value is -2.36. The van der Waals surface area contributed by atoms with Gasteiger partial charge in [-0.15, -0.1) is 0 Å². The summed E-state index contributed by atoms with van der Waals surface area (Å²) in [5, 5.41) is 0. The number of rotatable bonds is 2. The van der Waals surface area contributed by atoms with E-state index in [1.54, 1.807) is 6.07 Å². The summed E-state index contributed by atoms with van der Waals surface area (Å²) in [6.45, 7) is 0. The topological polar surface area (TPSA) is 17.1 Å². The molecule has 0 amide bonds. The van der Waals surface area contributed by atoms with Crippen LogP contribution in [0, 0.1) is 0 Å². The molecule has 0 heterocycles. The molecular formula is C18H13F3O. The molecule has 1 nitrogen and oxygen atoms in total. The second kappa shape index (κ2) is 5.44. The lowest BCUT2D eigenvalue weighted by Crippen LogP contribution is -2.09. The van der Waals surface area contributed by atoms with Gasteiger partial charge in [-0.1, -0.05) is 36.4 Å². The van der Waals surface area contributed by atoms with Gasteiger partial charge >= 0.3 is 6.18 Å². The van der Waals surface area contributed by atoms with Crippen LogP contribution in [0.5, 0.6) is 0 Å². The summed E-state index contributed by atoms with van der Waals surface area (Å²) < 4.78 is 38.8. The third-order valence-electron chi connectivity index (χ3n) is 3.89. The van der Waals surface area contributed by atoms with E-state index in [1.165, 1.54) is 6.07 Å². The van der Waals surface area contributed by atoms with Gasteiger partial charge in [0.1, 0.15) is 6.29 Å². The second-order valence-electron chi connectivity index (χ2n) is 5.25. The van der Waals surface area contributed by atoms with Crippen LogP contribution in [0.1, 0.15) is 28.7 Å². The lowest BCUT2D eigenvalue weighted by atomic mass is 9.82. The van der Waals surface area contributed by atoms with Crippen LogP contribution in [0.2, 0.25) is 0 Å². The van der Waals surface area contributed by atoms with Crippen molar-refractivity contribution in [3.8, 4) is 0 Å². The first-order valence-electron chi connectivity index (χ1n) is 6.95. The molecule has 0 radical (unpaired) electrons. The number of benzene rings is 2. The summed E-state index contributed by atoms with van der Waals surface area (Å²) in [7, 11) is 0. The van der Waals surface area contributed by atoms with Crippen LogP contribution in [-0.4, -0.2) is 6.29 Å². The molecule has 22 heavy (non-hydrogen) atoms. The third-order valence-corrected chi connectivity index (χ3v) is 3.89. The summed E-state index contributed by atoms with van der Waals surface area (Å²) in [5.74, 6) is 0. The Morgan fingerprint density at radius 3 is 2.45 bits per heavy atom. The molecular weight excluding hydrogens is 289 g/mol. The molecule has 4 heteroatoms. The molecule has 0 atom stereocenters. The van der Waals surface area contributed by atoms with E-state index in [4.69, 9.17) is 0 Å². The van der Waals surface area contributed by atoms with E-state index in [0.29, 0.717) is 23.1 Å². The zero-order chi connectivity index (χ0) is 15.7. The number of halogens is 3. The van der Waals surface area contributed by atoms with Crippen molar-refractivity contribution >= 4 is 11.9 Å². The number of fused-ring (bicyclic) bond motifs is 1. The predicted octanol–water partition coefficient (Wildman–Crippen LogP) is 4.65. The lowest BCUT2D eigenvalue weighted by molar-refractivity contribution is -0.137. The van der Waals surface area contributed by atoms with Crippen LogP contribution in [0.15, 0.2) is 54.1 Å². The fourth-order valence-corrected chi connectivity index (χ4v) is 2.86. The molecule has 112 valence electrons. The molecule has 0 unspecified atom stereocenters. The molecule has 1 aliphatic carbocycles. The average Bonchev–Trinajstić information content (AvgIpc) is 2.53. The maximum atomic E-state index is 12.9. The second-order valence-corrected chi connectivity index (χ2v) is 5.25. The van der Waals surface area contributed by atoms with Gasteiger partial charge in [-0.25, -0.2) is 0 Å². The van der Waals surface area contributed by atoms with Crippen LogP contribution >= 0.6 is 0 Å². The summed E-state index contributed by atoms with van der Waals surface area (Å²) >= 11 is 0. The Balaban J connectivity index is 2.20. The van der Waals surface area contributed by atoms with Crippen LogP contribution < -0.4 is 0 Å². The minimum Gasteiger partial charge on any atom is -0.298 e. The van der Waals surface area contributed by atoms with Crippen molar-refractivity contribution in [3.63, 3.8) is 0 Å². The number of aryl methyl sites for hydroxylation is 1. The van der Waals surface area contributed by atoms with Crippen molar-refractivity contribution in [2.75, 3.05) is 0 Å². The molecule has 0 aromatic heterocycles. The van der Waals surface area contributed by atoms with Crippen molar-refractivity contribution in [2.45, 2.75) is 19.0 Å². The van der Waals surface area contributed by atoms with Crippen LogP contribution in [0.3, 0.4) is 0 Å². The zero-order valence-corrected chi connectivity index (χ0v) is 11.7. The van der Waals surface area contributed by atoms with Crippen LogP contribution in [0.25, 0.3) is 5.57 Å². The van der Waals surface area contributed by atoms with Crippen molar-refractivity contribution in [3.05, 3.63) is 76.4 Å². The van der Waals surface area contributed by atoms with Gasteiger partial charge in [0.15, 0.2) is 0 Å². The third kappa shape index (κ3) is 2.56. The number of carbonyl (C=O) groups excluding carboxylic acids is 1. The largest absolute Gasteiger partial charge is 0.416 e. The van der Waals surface area contributed by atoms with E-state index in [-0.39, 0.29) is 0 Å². The SMILES string of the molecule is O=CC1=C(c2cccc(C(F)(F)F)c2)c2ccccc2CC1. The van der Waals surface area contributed by atoms with Gasteiger partial charge in [0, 0.05) is 5.57 Å². The summed E-state index contributed by atoms with van der Waals surface area (Å²) in [6.07, 6.45) is -2.36. The molecule has 0 fully saturated rings. The first kappa shape index (κ1) is 14.6. The predicted molar refractivity (Wildman–Crippen MR) is 78.3 cm³/mol. The van der Waals surface area contributed by atoms with Gasteiger partial charge in [-0.3, -0.25) is 4.79 Å². The highest BCUT2D eigenvalue weighted by molar-refractivity contribution is 5.96. The van der Waals surface area contributed by atoms with E-state index in [9.17, 15) is 18.0 Å². The Labute approximate surface area is 126 Å². The van der Waals surface area contributed by atoms with Gasteiger partial charge in [0.05, 0.1) is 5.56 Å². The van der Waals surface area contributed by atoms with E-state index < -0.39 is 11.7 Å². The molecule has 0 N–H and O–H groups in total. The number of carbonyl (C=O) groups is 1. The maximum Gasteiger partial charge on any atom is 0.416 e. The van der Waals surface area contributed by atoms with Gasteiger partial charge in [0.25, 0.3) is 0 Å². The van der Waals surface area contributed by atoms with Gasteiger partial charge in [-0.05, 0) is 47.2 Å². The minimum atomic E-state index is -4.40. The van der Waals surface area contributed by atoms with Crippen molar-refractivity contribution in [1.82, 2.24) is 0 Å². The average molecular weight is 302 g/mol. The van der Waals surface area contributed by atoms with Crippen molar-refractivity contribution < 1.29 is 18.0 Å². The fraction of sp³-hybridized carbons (Fsp3) is 0.167. The van der Waals surface area contributed by atoms with E-state index in [0.717, 1.165) is 36.0 Å². The number of alkyl halides is 3. The summed E-state index contributed by atoms with van der Waals surface area (Å²) in [4.78, 5) is 11.4. The molecule has 0 aliphatic heterocycles. The molecule has 0 saturated carbocycles. The molecule has 2 aromatic carbocycles. The minimum absolute atomic E-state index is 0.434. The monoisotopic (exact) mass is 302 g/mol. The van der Waals surface area contributed by atoms with E-state index in [1.807, 2.05) is 24.3 Å². The molecule has 3 rings (SSSR count). The first-order chi connectivity index (χ1) is 10.5. The number of allylic oxidation sites excluding steroid dienone is 1.